The molecule has 0 radical (unpaired) electrons. The number of nitrogens with zero attached hydrogens (tertiary/aromatic N) is 5. The summed E-state index contributed by atoms with van der Waals surface area (Å²) >= 11 is 0. The van der Waals surface area contributed by atoms with Gasteiger partial charge in [-0.2, -0.15) is 5.10 Å². The average Bonchev–Trinajstić information content (AvgIpc) is 3.23. The van der Waals surface area contributed by atoms with Crippen molar-refractivity contribution in [3.05, 3.63) is 66.4 Å². The third-order valence-electron chi connectivity index (χ3n) is 4.89. The molecule has 1 unspecified atom stereocenters. The Hall–Kier alpha value is -3.55. The molecule has 142 valence electrons. The summed E-state index contributed by atoms with van der Waals surface area (Å²) in [7, 11) is 0. The predicted octanol–water partition coefficient (Wildman–Crippen LogP) is 2.14. The van der Waals surface area contributed by atoms with Crippen LogP contribution in [0.25, 0.3) is 5.82 Å². The van der Waals surface area contributed by atoms with Crippen LogP contribution in [0.3, 0.4) is 0 Å². The number of aromatic nitrogens is 4. The van der Waals surface area contributed by atoms with Crippen LogP contribution in [0.2, 0.25) is 0 Å². The van der Waals surface area contributed by atoms with Crippen molar-refractivity contribution in [1.29, 1.82) is 0 Å². The summed E-state index contributed by atoms with van der Waals surface area (Å²) < 4.78 is 1.49. The second-order valence-corrected chi connectivity index (χ2v) is 6.64. The molecule has 0 aliphatic carbocycles. The summed E-state index contributed by atoms with van der Waals surface area (Å²) in [5.41, 5.74) is 2.75. The maximum atomic E-state index is 12.9. The summed E-state index contributed by atoms with van der Waals surface area (Å²) in [6.07, 6.45) is 5.52. The highest BCUT2D eigenvalue weighted by Crippen LogP contribution is 2.32. The Morgan fingerprint density at radius 1 is 1.21 bits per heavy atom. The van der Waals surface area contributed by atoms with Gasteiger partial charge in [-0.1, -0.05) is 24.3 Å². The molecule has 0 saturated heterocycles. The van der Waals surface area contributed by atoms with Crippen molar-refractivity contribution in [3.63, 3.8) is 0 Å². The van der Waals surface area contributed by atoms with Gasteiger partial charge >= 0.3 is 0 Å². The van der Waals surface area contributed by atoms with Crippen LogP contribution in [0.4, 0.5) is 5.69 Å². The highest BCUT2D eigenvalue weighted by atomic mass is 16.2. The molecule has 8 heteroatoms. The second kappa shape index (κ2) is 7.59. The van der Waals surface area contributed by atoms with Gasteiger partial charge in [-0.05, 0) is 29.7 Å². The summed E-state index contributed by atoms with van der Waals surface area (Å²) in [4.78, 5) is 35.0. The van der Waals surface area contributed by atoms with E-state index in [4.69, 9.17) is 0 Å². The summed E-state index contributed by atoms with van der Waals surface area (Å²) in [6.45, 7) is 2.16. The monoisotopic (exact) mass is 376 g/mol. The topological polar surface area (TPSA) is 93.0 Å². The summed E-state index contributed by atoms with van der Waals surface area (Å²) in [6, 6.07) is 11.2. The quantitative estimate of drug-likeness (QED) is 0.753. The minimum atomic E-state index is -0.283. The molecule has 4 rings (SSSR count). The molecule has 0 bridgehead atoms. The third kappa shape index (κ3) is 3.48. The van der Waals surface area contributed by atoms with Gasteiger partial charge in [-0.3, -0.25) is 9.59 Å². The van der Waals surface area contributed by atoms with Gasteiger partial charge in [0, 0.05) is 19.7 Å². The number of hydrogen-bond acceptors (Lipinski definition) is 5. The Kier molecular flexibility index (Phi) is 4.84. The number of benzene rings is 1. The number of amides is 2. The van der Waals surface area contributed by atoms with E-state index in [0.717, 1.165) is 12.0 Å². The molecule has 0 saturated carbocycles. The highest BCUT2D eigenvalue weighted by molar-refractivity contribution is 5.93. The van der Waals surface area contributed by atoms with E-state index in [1.165, 1.54) is 22.9 Å². The predicted molar refractivity (Wildman–Crippen MR) is 103 cm³/mol. The lowest BCUT2D eigenvalue weighted by Gasteiger charge is -2.36. The van der Waals surface area contributed by atoms with Crippen LogP contribution < -0.4 is 5.32 Å². The van der Waals surface area contributed by atoms with Crippen LogP contribution in [-0.2, 0) is 16.0 Å². The van der Waals surface area contributed by atoms with Gasteiger partial charge in [-0.15, -0.1) is 0 Å². The fraction of sp³-hybridized carbons (Fsp3) is 0.250. The van der Waals surface area contributed by atoms with E-state index < -0.39 is 0 Å². The number of carbonyl (C=O) groups excluding carboxylic acids is 2. The Balaban J connectivity index is 1.58. The van der Waals surface area contributed by atoms with Gasteiger partial charge in [0.25, 0.3) is 0 Å². The maximum absolute atomic E-state index is 12.9. The average molecular weight is 376 g/mol. The SMILES string of the molecule is CC(=O)N1CCc2ccccc2C1CC(=O)Nc1cccnc1-n1cncn1. The van der Waals surface area contributed by atoms with Gasteiger partial charge in [0.15, 0.2) is 5.82 Å². The molecule has 1 atom stereocenters. The Bertz CT molecular complexity index is 1000. The van der Waals surface area contributed by atoms with Gasteiger partial charge in [0.2, 0.25) is 11.8 Å². The van der Waals surface area contributed by atoms with Crippen molar-refractivity contribution in [3.8, 4) is 5.82 Å². The second-order valence-electron chi connectivity index (χ2n) is 6.64. The van der Waals surface area contributed by atoms with E-state index in [1.807, 2.05) is 18.2 Å². The van der Waals surface area contributed by atoms with Crippen LogP contribution in [0.1, 0.15) is 30.5 Å². The molecule has 28 heavy (non-hydrogen) atoms. The van der Waals surface area contributed by atoms with Gasteiger partial charge in [0.05, 0.1) is 18.2 Å². The molecule has 8 nitrogen and oxygen atoms in total. The molecular formula is C20H20N6O2. The smallest absolute Gasteiger partial charge is 0.226 e. The highest BCUT2D eigenvalue weighted by Gasteiger charge is 2.30. The number of fused-ring (bicyclic) bond motifs is 1. The lowest BCUT2D eigenvalue weighted by atomic mass is 9.90. The molecule has 2 amide bonds. The normalized spacial score (nSPS) is 15.8. The van der Waals surface area contributed by atoms with E-state index in [1.54, 1.807) is 30.2 Å². The minimum Gasteiger partial charge on any atom is -0.335 e. The van der Waals surface area contributed by atoms with Crippen molar-refractivity contribution >= 4 is 17.5 Å². The van der Waals surface area contributed by atoms with Crippen molar-refractivity contribution in [2.75, 3.05) is 11.9 Å². The number of nitrogens with one attached hydrogen (secondary N) is 1. The largest absolute Gasteiger partial charge is 0.335 e. The molecule has 1 aliphatic rings. The van der Waals surface area contributed by atoms with Crippen molar-refractivity contribution in [2.24, 2.45) is 0 Å². The first-order valence-electron chi connectivity index (χ1n) is 9.08. The number of pyridine rings is 1. The molecule has 1 aromatic carbocycles. The molecule has 0 fully saturated rings. The molecule has 0 spiro atoms. The summed E-state index contributed by atoms with van der Waals surface area (Å²) in [5, 5.41) is 6.98. The molecule has 1 N–H and O–H groups in total. The van der Waals surface area contributed by atoms with E-state index in [0.29, 0.717) is 18.1 Å². The van der Waals surface area contributed by atoms with E-state index in [-0.39, 0.29) is 24.3 Å². The zero-order valence-electron chi connectivity index (χ0n) is 15.4. The van der Waals surface area contributed by atoms with E-state index >= 15 is 0 Å². The van der Waals surface area contributed by atoms with Crippen LogP contribution in [0.15, 0.2) is 55.2 Å². The molecule has 3 heterocycles. The van der Waals surface area contributed by atoms with Crippen LogP contribution >= 0.6 is 0 Å². The third-order valence-corrected chi connectivity index (χ3v) is 4.89. The van der Waals surface area contributed by atoms with Gasteiger partial charge in [0.1, 0.15) is 12.7 Å². The standard InChI is InChI=1S/C20H20N6O2/c1-14(27)25-10-8-15-5-2-3-6-16(15)18(25)11-19(28)24-17-7-4-9-22-20(17)26-13-21-12-23-26/h2-7,9,12-13,18H,8,10-11H2,1H3,(H,24,28). The van der Waals surface area contributed by atoms with E-state index in [9.17, 15) is 9.59 Å². The Morgan fingerprint density at radius 2 is 2.07 bits per heavy atom. The van der Waals surface area contributed by atoms with Crippen molar-refractivity contribution in [2.45, 2.75) is 25.8 Å². The first kappa shape index (κ1) is 17.8. The van der Waals surface area contributed by atoms with Crippen molar-refractivity contribution < 1.29 is 9.59 Å². The zero-order valence-corrected chi connectivity index (χ0v) is 15.4. The number of hydrogen-bond donors (Lipinski definition) is 1. The molecule has 2 aromatic heterocycles. The molecule has 3 aromatic rings. The Labute approximate surface area is 162 Å². The van der Waals surface area contributed by atoms with Gasteiger partial charge < -0.3 is 10.2 Å². The first-order chi connectivity index (χ1) is 13.6. The minimum absolute atomic E-state index is 0.0306. The summed E-state index contributed by atoms with van der Waals surface area (Å²) in [5.74, 6) is 0.264. The lowest BCUT2D eigenvalue weighted by molar-refractivity contribution is -0.132. The zero-order chi connectivity index (χ0) is 19.5. The fourth-order valence-corrected chi connectivity index (χ4v) is 3.62. The van der Waals surface area contributed by atoms with Crippen LogP contribution in [0.5, 0.6) is 0 Å². The Morgan fingerprint density at radius 3 is 2.86 bits per heavy atom. The maximum Gasteiger partial charge on any atom is 0.226 e. The fourth-order valence-electron chi connectivity index (χ4n) is 3.62. The molecule has 1 aliphatic heterocycles. The van der Waals surface area contributed by atoms with Crippen molar-refractivity contribution in [1.82, 2.24) is 24.6 Å². The van der Waals surface area contributed by atoms with Crippen LogP contribution in [0, 0.1) is 0 Å². The number of rotatable bonds is 4. The molecular weight excluding hydrogens is 356 g/mol. The number of carbonyl (C=O) groups is 2. The van der Waals surface area contributed by atoms with E-state index in [2.05, 4.69) is 26.4 Å². The number of anilines is 1. The first-order valence-corrected chi connectivity index (χ1v) is 9.08. The van der Waals surface area contributed by atoms with Gasteiger partial charge in [-0.25, -0.2) is 14.6 Å². The van der Waals surface area contributed by atoms with Crippen LogP contribution in [-0.4, -0.2) is 43.0 Å². The lowest BCUT2D eigenvalue weighted by Crippen LogP contribution is -2.40.